The summed E-state index contributed by atoms with van der Waals surface area (Å²) >= 11 is 0. The number of nitrogens with zero attached hydrogens (tertiary/aromatic N) is 4. The number of ether oxygens (including phenoxy) is 1. The molecule has 2 heterocycles. The Morgan fingerprint density at radius 1 is 0.662 bits per heavy atom. The van der Waals surface area contributed by atoms with Gasteiger partial charge in [-0.15, -0.1) is 0 Å². The summed E-state index contributed by atoms with van der Waals surface area (Å²) in [5.41, 5.74) is 2.04. The Labute approximate surface area is 372 Å². The molecule has 22 nitrogen and oxygen atoms in total. The van der Waals surface area contributed by atoms with Gasteiger partial charge in [-0.1, -0.05) is 24.3 Å². The van der Waals surface area contributed by atoms with E-state index in [1.54, 1.807) is 30.4 Å². The number of carboxylic acid groups (broad SMARTS) is 6. The first-order valence-corrected chi connectivity index (χ1v) is 20.7. The van der Waals surface area contributed by atoms with Gasteiger partial charge < -0.3 is 55.3 Å². The number of amides is 2. The van der Waals surface area contributed by atoms with Gasteiger partial charge in [0.05, 0.1) is 44.4 Å². The number of hydrogen-bond donors (Lipinski definition) is 8. The molecular weight excluding hydrogens is 856 g/mol. The molecule has 1 aliphatic heterocycles. The van der Waals surface area contributed by atoms with Crippen molar-refractivity contribution in [2.75, 3.05) is 50.7 Å². The molecule has 3 aromatic rings. The molecule has 0 bridgehead atoms. The number of unbranched alkanes of at least 4 members (excludes halogenated alkanes) is 2. The van der Waals surface area contributed by atoms with Crippen molar-refractivity contribution in [1.29, 1.82) is 0 Å². The van der Waals surface area contributed by atoms with Gasteiger partial charge in [0.1, 0.15) is 12.1 Å². The van der Waals surface area contributed by atoms with Crippen molar-refractivity contribution in [3.8, 4) is 5.75 Å². The molecule has 2 atom stereocenters. The molecule has 0 aliphatic carbocycles. The standard InChI is InChI=1S/C43H52N6O16/c50-34(44-20-7-5-12-30(42(60)61)46(24-38(52)53)25-39(54)55)18-22-48-28-10-1-3-14-32(28)64-36(48)16-9-17-37-49(29-11-2-4-15-33(29)65-37)23-19-35(51)45-21-8-6-13-31(43(62)63)47(26-40(56)57)27-41(58)59/h1-4,9-11,14-17,30-31H,5-8,12-13,18-27H2,(H7-,44,45,50,51,52,53,54,55,56,57,58,59,60,61,62,63)/p+1. The molecule has 0 saturated carbocycles. The lowest BCUT2D eigenvalue weighted by Crippen LogP contribution is -2.46. The minimum atomic E-state index is -1.35. The Hall–Kier alpha value is -7.33. The highest BCUT2D eigenvalue weighted by atomic mass is 16.5. The number of carboxylic acids is 6. The zero-order valence-electron chi connectivity index (χ0n) is 35.4. The average molecular weight is 910 g/mol. The van der Waals surface area contributed by atoms with Crippen molar-refractivity contribution >= 4 is 70.5 Å². The summed E-state index contributed by atoms with van der Waals surface area (Å²) in [6.07, 6.45) is 6.53. The molecule has 2 amide bonds. The molecule has 0 spiro atoms. The number of carbonyl (C=O) groups excluding carboxylic acids is 2. The zero-order valence-corrected chi connectivity index (χ0v) is 35.4. The van der Waals surface area contributed by atoms with Crippen molar-refractivity contribution < 1.29 is 82.7 Å². The maximum atomic E-state index is 12.9. The number of aryl methyl sites for hydroxylation is 1. The van der Waals surface area contributed by atoms with Crippen molar-refractivity contribution in [1.82, 2.24) is 20.4 Å². The molecule has 8 N–H and O–H groups in total. The lowest BCUT2D eigenvalue weighted by Gasteiger charge is -2.25. The van der Waals surface area contributed by atoms with Gasteiger partial charge in [0.2, 0.25) is 23.3 Å². The third kappa shape index (κ3) is 16.1. The fourth-order valence-electron chi connectivity index (χ4n) is 7.18. The number of rotatable bonds is 30. The normalized spacial score (nSPS) is 13.8. The zero-order chi connectivity index (χ0) is 47.5. The van der Waals surface area contributed by atoms with Crippen LogP contribution in [0.3, 0.4) is 0 Å². The van der Waals surface area contributed by atoms with Gasteiger partial charge in [0.15, 0.2) is 12.3 Å². The molecule has 0 saturated heterocycles. The minimum Gasteiger partial charge on any atom is -0.480 e. The largest absolute Gasteiger partial charge is 0.480 e. The molecule has 65 heavy (non-hydrogen) atoms. The molecule has 0 fully saturated rings. The van der Waals surface area contributed by atoms with Crippen LogP contribution in [-0.4, -0.2) is 146 Å². The van der Waals surface area contributed by atoms with Crippen LogP contribution in [-0.2, 0) is 44.9 Å². The number of aromatic nitrogens is 1. The van der Waals surface area contributed by atoms with Gasteiger partial charge in [0, 0.05) is 32.1 Å². The first-order chi connectivity index (χ1) is 31.0. The van der Waals surface area contributed by atoms with E-state index < -0.39 is 74.1 Å². The van der Waals surface area contributed by atoms with Crippen LogP contribution in [0.5, 0.6) is 5.75 Å². The van der Waals surface area contributed by atoms with E-state index in [2.05, 4.69) is 10.6 Å². The number of hydrogen-bond acceptors (Lipinski definition) is 13. The van der Waals surface area contributed by atoms with E-state index in [0.717, 1.165) is 21.0 Å². The van der Waals surface area contributed by atoms with Crippen LogP contribution in [0.4, 0.5) is 5.69 Å². The van der Waals surface area contributed by atoms with E-state index >= 15 is 0 Å². The highest BCUT2D eigenvalue weighted by Crippen LogP contribution is 2.38. The predicted molar refractivity (Wildman–Crippen MR) is 227 cm³/mol. The van der Waals surface area contributed by atoms with Crippen molar-refractivity contribution in [3.63, 3.8) is 0 Å². The third-order valence-electron chi connectivity index (χ3n) is 10.1. The summed E-state index contributed by atoms with van der Waals surface area (Å²) in [5, 5.41) is 61.2. The van der Waals surface area contributed by atoms with Gasteiger partial charge >= 0.3 is 41.7 Å². The number of nitrogens with one attached hydrogen (secondary N) is 2. The number of fused-ring (bicyclic) bond motifs is 2. The molecular formula is C43H53N6O16+. The number of para-hydroxylation sites is 4. The van der Waals surface area contributed by atoms with E-state index in [1.165, 1.54) is 0 Å². The van der Waals surface area contributed by atoms with E-state index in [4.69, 9.17) is 29.6 Å². The van der Waals surface area contributed by atoms with E-state index in [9.17, 15) is 48.6 Å². The van der Waals surface area contributed by atoms with Crippen molar-refractivity contribution in [2.24, 2.45) is 0 Å². The Kier molecular flexibility index (Phi) is 19.4. The number of anilines is 1. The first-order valence-electron chi connectivity index (χ1n) is 20.7. The molecule has 1 aromatic heterocycles. The second-order valence-corrected chi connectivity index (χ2v) is 14.9. The number of carbonyl (C=O) groups is 8. The number of aliphatic carboxylic acids is 6. The van der Waals surface area contributed by atoms with Crippen LogP contribution in [0.15, 0.2) is 71.0 Å². The van der Waals surface area contributed by atoms with E-state index in [0.29, 0.717) is 35.9 Å². The Morgan fingerprint density at radius 3 is 1.71 bits per heavy atom. The molecule has 2 unspecified atom stereocenters. The van der Waals surface area contributed by atoms with Crippen LogP contribution < -0.4 is 24.8 Å². The van der Waals surface area contributed by atoms with Crippen LogP contribution in [0.1, 0.15) is 57.3 Å². The Balaban J connectivity index is 1.31. The highest BCUT2D eigenvalue weighted by Gasteiger charge is 2.31. The average Bonchev–Trinajstić information content (AvgIpc) is 3.77. The van der Waals surface area contributed by atoms with Crippen LogP contribution >= 0.6 is 0 Å². The Bertz CT molecular complexity index is 2220. The minimum absolute atomic E-state index is 0.0150. The van der Waals surface area contributed by atoms with Gasteiger partial charge in [-0.3, -0.25) is 48.2 Å². The summed E-state index contributed by atoms with van der Waals surface area (Å²) in [6, 6.07) is 11.9. The van der Waals surface area contributed by atoms with Crippen molar-refractivity contribution in [3.05, 3.63) is 72.5 Å². The quantitative estimate of drug-likeness (QED) is 0.0348. The molecule has 4 rings (SSSR count). The van der Waals surface area contributed by atoms with Crippen LogP contribution in [0.25, 0.3) is 17.2 Å². The lowest BCUT2D eigenvalue weighted by molar-refractivity contribution is -0.676. The van der Waals surface area contributed by atoms with Gasteiger partial charge in [-0.25, -0.2) is 0 Å². The summed E-state index contributed by atoms with van der Waals surface area (Å²) < 4.78 is 14.1. The van der Waals surface area contributed by atoms with Gasteiger partial charge in [-0.05, 0) is 68.9 Å². The Morgan fingerprint density at radius 2 is 1.17 bits per heavy atom. The monoisotopic (exact) mass is 909 g/mol. The smallest absolute Gasteiger partial charge is 0.374 e. The number of benzene rings is 2. The molecule has 350 valence electrons. The second kappa shape index (κ2) is 25.1. The maximum Gasteiger partial charge on any atom is 0.374 e. The van der Waals surface area contributed by atoms with Crippen LogP contribution in [0.2, 0.25) is 0 Å². The fourth-order valence-corrected chi connectivity index (χ4v) is 7.18. The molecule has 1 aliphatic rings. The number of allylic oxidation sites excluding steroid dienone is 2. The van der Waals surface area contributed by atoms with Crippen molar-refractivity contribution in [2.45, 2.75) is 70.0 Å². The SMILES string of the molecule is O=C(O)CN(CC(=O)O)C(CCCCNC(=O)CCN1/C(=C\C=C\c2oc3ccccc3[n+]2CCC(=O)NCCCCC(C(=O)O)N(CC(=O)O)CC(=O)O)Oc2ccccc21)C(=O)O. The van der Waals surface area contributed by atoms with Crippen LogP contribution in [0, 0.1) is 0 Å². The first kappa shape index (κ1) is 50.3. The number of oxazole rings is 1. The van der Waals surface area contributed by atoms with E-state index in [1.807, 2.05) is 45.9 Å². The molecule has 2 aromatic carbocycles. The summed E-state index contributed by atoms with van der Waals surface area (Å²) in [7, 11) is 0. The lowest BCUT2D eigenvalue weighted by atomic mass is 10.1. The molecule has 22 heteroatoms. The molecule has 0 radical (unpaired) electrons. The second-order valence-electron chi connectivity index (χ2n) is 14.9. The highest BCUT2D eigenvalue weighted by molar-refractivity contribution is 5.80. The summed E-state index contributed by atoms with van der Waals surface area (Å²) in [4.78, 5) is 97.6. The third-order valence-corrected chi connectivity index (χ3v) is 10.1. The fraction of sp³-hybridized carbons (Fsp3) is 0.419. The van der Waals surface area contributed by atoms with Gasteiger partial charge in [-0.2, -0.15) is 4.57 Å². The summed E-state index contributed by atoms with van der Waals surface area (Å²) in [5.74, 6) is -7.23. The van der Waals surface area contributed by atoms with E-state index in [-0.39, 0.29) is 76.5 Å². The maximum absolute atomic E-state index is 12.9. The predicted octanol–water partition coefficient (Wildman–Crippen LogP) is 1.68. The van der Waals surface area contributed by atoms with Gasteiger partial charge in [0.25, 0.3) is 5.52 Å². The topological polar surface area (TPSA) is 318 Å². The summed E-state index contributed by atoms with van der Waals surface area (Å²) in [6.45, 7) is -2.10.